The van der Waals surface area contributed by atoms with E-state index in [9.17, 15) is 14.4 Å². The fourth-order valence-corrected chi connectivity index (χ4v) is 2.66. The Morgan fingerprint density at radius 3 is 2.18 bits per heavy atom. The van der Waals surface area contributed by atoms with Crippen LogP contribution in [0.5, 0.6) is 0 Å². The number of imide groups is 1. The number of carbonyl (C=O) groups is 2. The van der Waals surface area contributed by atoms with Gasteiger partial charge in [0.15, 0.2) is 0 Å². The van der Waals surface area contributed by atoms with Crippen LogP contribution in [0.15, 0.2) is 63.8 Å². The van der Waals surface area contributed by atoms with Crippen LogP contribution in [0.25, 0.3) is 21.7 Å². The molecule has 1 aromatic heterocycles. The number of benzene rings is 2. The van der Waals surface area contributed by atoms with E-state index in [2.05, 4.69) is 0 Å². The van der Waals surface area contributed by atoms with Crippen LogP contribution >= 0.6 is 0 Å². The molecule has 0 unspecified atom stereocenters. The zero-order chi connectivity index (χ0) is 15.3. The summed E-state index contributed by atoms with van der Waals surface area (Å²) in [5.74, 6) is -0.819. The second kappa shape index (κ2) is 4.39. The minimum Gasteiger partial charge on any atom is -0.422 e. The maximum absolute atomic E-state index is 12.0. The van der Waals surface area contributed by atoms with Gasteiger partial charge in [-0.25, -0.2) is 9.69 Å². The van der Waals surface area contributed by atoms with E-state index in [0.717, 1.165) is 15.7 Å². The van der Waals surface area contributed by atoms with Crippen molar-refractivity contribution < 1.29 is 14.0 Å². The lowest BCUT2D eigenvalue weighted by molar-refractivity contribution is -0.119. The zero-order valence-corrected chi connectivity index (χ0v) is 11.3. The van der Waals surface area contributed by atoms with E-state index in [1.165, 1.54) is 18.2 Å². The van der Waals surface area contributed by atoms with Gasteiger partial charge in [0, 0.05) is 23.6 Å². The highest BCUT2D eigenvalue weighted by molar-refractivity contribution is 6.28. The minimum atomic E-state index is -0.447. The van der Waals surface area contributed by atoms with E-state index >= 15 is 0 Å². The van der Waals surface area contributed by atoms with E-state index in [0.29, 0.717) is 16.7 Å². The summed E-state index contributed by atoms with van der Waals surface area (Å²) in [6.07, 6.45) is 2.42. The number of nitrogens with zero attached hydrogens (tertiary/aromatic N) is 1. The minimum absolute atomic E-state index is 0.341. The van der Waals surface area contributed by atoms with Crippen molar-refractivity contribution in [2.45, 2.75) is 0 Å². The molecular weight excluding hydrogens is 282 g/mol. The summed E-state index contributed by atoms with van der Waals surface area (Å²) in [5.41, 5.74) is 0.275. The molecule has 5 heteroatoms. The van der Waals surface area contributed by atoms with Crippen molar-refractivity contribution in [3.8, 4) is 0 Å². The average molecular weight is 291 g/mol. The van der Waals surface area contributed by atoms with Crippen LogP contribution < -0.4 is 10.5 Å². The van der Waals surface area contributed by atoms with Gasteiger partial charge in [-0.1, -0.05) is 18.2 Å². The van der Waals surface area contributed by atoms with Gasteiger partial charge in [-0.15, -0.1) is 0 Å². The molecular formula is C17H9NO4. The van der Waals surface area contributed by atoms with Crippen LogP contribution in [0.4, 0.5) is 5.69 Å². The highest BCUT2D eigenvalue weighted by Gasteiger charge is 2.25. The van der Waals surface area contributed by atoms with E-state index in [1.807, 2.05) is 12.1 Å². The third kappa shape index (κ3) is 1.69. The molecule has 2 amide bonds. The number of hydrogen-bond donors (Lipinski definition) is 0. The second-order valence-electron chi connectivity index (χ2n) is 4.96. The molecule has 5 nitrogen and oxygen atoms in total. The Kier molecular flexibility index (Phi) is 2.50. The third-order valence-corrected chi connectivity index (χ3v) is 3.67. The molecule has 2 aromatic carbocycles. The predicted octanol–water partition coefficient (Wildman–Crippen LogP) is 2.38. The van der Waals surface area contributed by atoms with Gasteiger partial charge in [-0.2, -0.15) is 0 Å². The van der Waals surface area contributed by atoms with Crippen molar-refractivity contribution in [2.75, 3.05) is 4.90 Å². The summed E-state index contributed by atoms with van der Waals surface area (Å²) in [5, 5.41) is 2.03. The van der Waals surface area contributed by atoms with Crippen LogP contribution in [0, 0.1) is 0 Å². The summed E-state index contributed by atoms with van der Waals surface area (Å²) in [7, 11) is 0. The number of amides is 2. The molecule has 0 saturated heterocycles. The lowest BCUT2D eigenvalue weighted by Gasteiger charge is -2.14. The van der Waals surface area contributed by atoms with Gasteiger partial charge in [-0.05, 0) is 23.6 Å². The SMILES string of the molecule is O=C1C=CC(=O)N1c1ccc2c(c1)oc(=O)c1ccccc12. The van der Waals surface area contributed by atoms with Gasteiger partial charge in [0.25, 0.3) is 11.8 Å². The molecule has 0 spiro atoms. The molecule has 0 aliphatic carbocycles. The fourth-order valence-electron chi connectivity index (χ4n) is 2.66. The van der Waals surface area contributed by atoms with Gasteiger partial charge < -0.3 is 4.42 Å². The smallest absolute Gasteiger partial charge is 0.344 e. The van der Waals surface area contributed by atoms with Crippen LogP contribution in [0.3, 0.4) is 0 Å². The van der Waals surface area contributed by atoms with E-state index in [4.69, 9.17) is 4.42 Å². The molecule has 0 N–H and O–H groups in total. The van der Waals surface area contributed by atoms with Crippen molar-refractivity contribution in [1.29, 1.82) is 0 Å². The monoisotopic (exact) mass is 291 g/mol. The Morgan fingerprint density at radius 2 is 1.45 bits per heavy atom. The number of rotatable bonds is 1. The largest absolute Gasteiger partial charge is 0.422 e. The molecule has 2 heterocycles. The topological polar surface area (TPSA) is 67.6 Å². The lowest BCUT2D eigenvalue weighted by atomic mass is 10.1. The molecule has 0 fully saturated rings. The molecule has 1 aliphatic heterocycles. The quantitative estimate of drug-likeness (QED) is 0.392. The normalized spacial score (nSPS) is 14.5. The molecule has 22 heavy (non-hydrogen) atoms. The summed E-state index contributed by atoms with van der Waals surface area (Å²) in [4.78, 5) is 36.5. The highest BCUT2D eigenvalue weighted by atomic mass is 16.4. The predicted molar refractivity (Wildman–Crippen MR) is 81.6 cm³/mol. The van der Waals surface area contributed by atoms with Crippen LogP contribution in [-0.2, 0) is 9.59 Å². The lowest BCUT2D eigenvalue weighted by Crippen LogP contribution is -2.29. The average Bonchev–Trinajstić information content (AvgIpc) is 2.86. The summed E-state index contributed by atoms with van der Waals surface area (Å²) >= 11 is 0. The molecule has 0 bridgehead atoms. The number of carbonyl (C=O) groups excluding carboxylic acids is 2. The maximum Gasteiger partial charge on any atom is 0.344 e. The van der Waals surface area contributed by atoms with Gasteiger partial charge >= 0.3 is 5.63 Å². The van der Waals surface area contributed by atoms with Crippen LogP contribution in [0.2, 0.25) is 0 Å². The van der Waals surface area contributed by atoms with Gasteiger partial charge in [0.05, 0.1) is 11.1 Å². The first-order valence-corrected chi connectivity index (χ1v) is 6.67. The molecule has 0 radical (unpaired) electrons. The molecule has 1 aliphatic rings. The highest BCUT2D eigenvalue weighted by Crippen LogP contribution is 2.28. The summed E-state index contributed by atoms with van der Waals surface area (Å²) in [6.45, 7) is 0. The second-order valence-corrected chi connectivity index (χ2v) is 4.96. The van der Waals surface area contributed by atoms with E-state index in [-0.39, 0.29) is 0 Å². The Hall–Kier alpha value is -3.21. The standard InChI is InChI=1S/C17H9NO4/c19-15-7-8-16(20)18(15)10-5-6-12-11-3-1-2-4-13(11)17(21)22-14(12)9-10/h1-9H. The molecule has 106 valence electrons. The Bertz CT molecular complexity index is 1030. The Morgan fingerprint density at radius 1 is 0.773 bits per heavy atom. The number of anilines is 1. The van der Waals surface area contributed by atoms with E-state index < -0.39 is 17.4 Å². The summed E-state index contributed by atoms with van der Waals surface area (Å²) in [6, 6.07) is 12.1. The van der Waals surface area contributed by atoms with Crippen molar-refractivity contribution in [1.82, 2.24) is 0 Å². The maximum atomic E-state index is 12.0. The van der Waals surface area contributed by atoms with Crippen LogP contribution in [0.1, 0.15) is 0 Å². The number of fused-ring (bicyclic) bond motifs is 3. The first-order valence-electron chi connectivity index (χ1n) is 6.67. The molecule has 0 saturated carbocycles. The van der Waals surface area contributed by atoms with Crippen LogP contribution in [-0.4, -0.2) is 11.8 Å². The Labute approximate surface area is 124 Å². The van der Waals surface area contributed by atoms with Gasteiger partial charge in [0.2, 0.25) is 0 Å². The zero-order valence-electron chi connectivity index (χ0n) is 11.3. The first-order chi connectivity index (χ1) is 10.6. The Balaban J connectivity index is 1.99. The molecule has 4 rings (SSSR count). The van der Waals surface area contributed by atoms with Crippen molar-refractivity contribution >= 4 is 39.2 Å². The fraction of sp³-hybridized carbons (Fsp3) is 0. The third-order valence-electron chi connectivity index (χ3n) is 3.67. The first kappa shape index (κ1) is 12.5. The van der Waals surface area contributed by atoms with E-state index in [1.54, 1.807) is 24.3 Å². The molecule has 3 aromatic rings. The number of hydrogen-bond acceptors (Lipinski definition) is 4. The molecule has 0 atom stereocenters. The van der Waals surface area contributed by atoms with Gasteiger partial charge in [0.1, 0.15) is 5.58 Å². The van der Waals surface area contributed by atoms with Crippen molar-refractivity contribution in [3.05, 3.63) is 65.0 Å². The van der Waals surface area contributed by atoms with Gasteiger partial charge in [-0.3, -0.25) is 9.59 Å². The summed E-state index contributed by atoms with van der Waals surface area (Å²) < 4.78 is 5.32. The van der Waals surface area contributed by atoms with Crippen molar-refractivity contribution in [2.24, 2.45) is 0 Å². The van der Waals surface area contributed by atoms with Crippen molar-refractivity contribution in [3.63, 3.8) is 0 Å².